The van der Waals surface area contributed by atoms with Gasteiger partial charge in [-0.2, -0.15) is 13.2 Å². The Labute approximate surface area is 113 Å². The van der Waals surface area contributed by atoms with Gasteiger partial charge in [0.15, 0.2) is 0 Å². The maximum absolute atomic E-state index is 12.3. The van der Waals surface area contributed by atoms with Gasteiger partial charge in [-0.3, -0.25) is 9.78 Å². The molecule has 1 heterocycles. The van der Waals surface area contributed by atoms with Crippen molar-refractivity contribution < 1.29 is 22.7 Å². The molecule has 0 atom stereocenters. The van der Waals surface area contributed by atoms with E-state index in [0.29, 0.717) is 24.3 Å². The monoisotopic (exact) mass is 286 g/mol. The normalized spacial score (nSPS) is 10.7. The molecule has 0 fully saturated rings. The highest BCUT2D eigenvalue weighted by Crippen LogP contribution is 2.30. The number of aryl methyl sites for hydroxylation is 1. The molecule has 0 bridgehead atoms. The van der Waals surface area contributed by atoms with Gasteiger partial charge < -0.3 is 4.74 Å². The van der Waals surface area contributed by atoms with Gasteiger partial charge in [-0.1, -0.05) is 0 Å². The number of carbonyl (C=O) groups is 1. The Morgan fingerprint density at radius 3 is 2.50 bits per heavy atom. The standard InChI is InChI=1S/C10H7F3N2.C3H6O2/c1-6-5-14-9-4-7(10(11,12)13)2-3-8(9)15-6;1-2-5-3-4/h2-5H,1H3;3H,2H2,1H3. The molecule has 0 unspecified atom stereocenters. The van der Waals surface area contributed by atoms with Crippen molar-refractivity contribution in [2.24, 2.45) is 0 Å². The predicted molar refractivity (Wildman–Crippen MR) is 67.0 cm³/mol. The van der Waals surface area contributed by atoms with E-state index in [0.717, 1.165) is 12.1 Å². The molecule has 4 nitrogen and oxygen atoms in total. The summed E-state index contributed by atoms with van der Waals surface area (Å²) in [7, 11) is 0. The molecule has 0 aliphatic carbocycles. The Hall–Kier alpha value is -2.18. The summed E-state index contributed by atoms with van der Waals surface area (Å²) in [5.41, 5.74) is 0.717. The fourth-order valence-electron chi connectivity index (χ4n) is 1.35. The second-order valence-corrected chi connectivity index (χ2v) is 3.76. The number of alkyl halides is 3. The lowest BCUT2D eigenvalue weighted by Gasteiger charge is -2.06. The number of hydrogen-bond acceptors (Lipinski definition) is 4. The Bertz CT molecular complexity index is 585. The zero-order valence-corrected chi connectivity index (χ0v) is 10.9. The average molecular weight is 286 g/mol. The number of ether oxygens (including phenoxy) is 1. The summed E-state index contributed by atoms with van der Waals surface area (Å²) in [5.74, 6) is 0. The third-order valence-electron chi connectivity index (χ3n) is 2.22. The summed E-state index contributed by atoms with van der Waals surface area (Å²) in [6.07, 6.45) is -2.89. The third-order valence-corrected chi connectivity index (χ3v) is 2.22. The van der Waals surface area contributed by atoms with Crippen molar-refractivity contribution in [3.05, 3.63) is 35.7 Å². The molecule has 0 N–H and O–H groups in total. The molecule has 7 heteroatoms. The first-order chi connectivity index (χ1) is 9.38. The summed E-state index contributed by atoms with van der Waals surface area (Å²) in [6, 6.07) is 3.34. The second-order valence-electron chi connectivity index (χ2n) is 3.76. The van der Waals surface area contributed by atoms with Crippen LogP contribution >= 0.6 is 0 Å². The Balaban J connectivity index is 0.000000347. The van der Waals surface area contributed by atoms with E-state index in [1.54, 1.807) is 13.8 Å². The van der Waals surface area contributed by atoms with E-state index in [1.165, 1.54) is 12.3 Å². The lowest BCUT2D eigenvalue weighted by molar-refractivity contribution is -0.137. The van der Waals surface area contributed by atoms with Gasteiger partial charge in [0.1, 0.15) is 0 Å². The zero-order chi connectivity index (χ0) is 15.2. The van der Waals surface area contributed by atoms with Crippen molar-refractivity contribution in [1.82, 2.24) is 9.97 Å². The van der Waals surface area contributed by atoms with Crippen LogP contribution in [0.3, 0.4) is 0 Å². The average Bonchev–Trinajstić information content (AvgIpc) is 2.38. The lowest BCUT2D eigenvalue weighted by Crippen LogP contribution is -2.04. The maximum Gasteiger partial charge on any atom is 0.416 e. The summed E-state index contributed by atoms with van der Waals surface area (Å²) >= 11 is 0. The van der Waals surface area contributed by atoms with Gasteiger partial charge in [0.2, 0.25) is 0 Å². The van der Waals surface area contributed by atoms with E-state index < -0.39 is 11.7 Å². The smallest absolute Gasteiger partial charge is 0.416 e. The third kappa shape index (κ3) is 4.49. The zero-order valence-electron chi connectivity index (χ0n) is 10.9. The minimum absolute atomic E-state index is 0.260. The molecule has 0 amide bonds. The van der Waals surface area contributed by atoms with Gasteiger partial charge in [0.25, 0.3) is 6.47 Å². The van der Waals surface area contributed by atoms with Gasteiger partial charge in [-0.15, -0.1) is 0 Å². The minimum atomic E-state index is -4.33. The Morgan fingerprint density at radius 2 is 2.00 bits per heavy atom. The molecular formula is C13H13F3N2O2. The SMILES string of the molecule is CCOC=O.Cc1cnc2cc(C(F)(F)F)ccc2n1. The van der Waals surface area contributed by atoms with Crippen LogP contribution in [-0.2, 0) is 15.7 Å². The van der Waals surface area contributed by atoms with Crippen molar-refractivity contribution in [3.8, 4) is 0 Å². The van der Waals surface area contributed by atoms with Crippen molar-refractivity contribution in [2.45, 2.75) is 20.0 Å². The largest absolute Gasteiger partial charge is 0.468 e. The summed E-state index contributed by atoms with van der Waals surface area (Å²) in [4.78, 5) is 17.1. The van der Waals surface area contributed by atoms with E-state index in [1.807, 2.05) is 0 Å². The first-order valence-electron chi connectivity index (χ1n) is 5.74. The summed E-state index contributed by atoms with van der Waals surface area (Å²) in [5, 5.41) is 0. The lowest BCUT2D eigenvalue weighted by atomic mass is 10.2. The molecule has 108 valence electrons. The molecule has 1 aromatic carbocycles. The first kappa shape index (κ1) is 15.9. The van der Waals surface area contributed by atoms with Crippen LogP contribution in [0, 0.1) is 6.92 Å². The van der Waals surface area contributed by atoms with Gasteiger partial charge in [-0.05, 0) is 32.0 Å². The van der Waals surface area contributed by atoms with Crippen LogP contribution in [0.2, 0.25) is 0 Å². The van der Waals surface area contributed by atoms with E-state index in [4.69, 9.17) is 0 Å². The van der Waals surface area contributed by atoms with Crippen LogP contribution in [0.25, 0.3) is 11.0 Å². The van der Waals surface area contributed by atoms with Crippen LogP contribution in [0.4, 0.5) is 13.2 Å². The molecule has 0 saturated carbocycles. The fourth-order valence-corrected chi connectivity index (χ4v) is 1.35. The molecule has 0 aliphatic rings. The molecule has 0 aliphatic heterocycles. The fraction of sp³-hybridized carbons (Fsp3) is 0.308. The number of rotatable bonds is 2. The highest BCUT2D eigenvalue weighted by atomic mass is 19.4. The van der Waals surface area contributed by atoms with Crippen molar-refractivity contribution >= 4 is 17.5 Å². The van der Waals surface area contributed by atoms with E-state index in [-0.39, 0.29) is 5.52 Å². The van der Waals surface area contributed by atoms with E-state index in [9.17, 15) is 18.0 Å². The number of carbonyl (C=O) groups excluding carboxylic acids is 1. The van der Waals surface area contributed by atoms with Crippen molar-refractivity contribution in [2.75, 3.05) is 6.61 Å². The molecule has 0 radical (unpaired) electrons. The maximum atomic E-state index is 12.3. The van der Waals surface area contributed by atoms with Crippen LogP contribution in [0.1, 0.15) is 18.2 Å². The predicted octanol–water partition coefficient (Wildman–Crippen LogP) is 3.14. The quantitative estimate of drug-likeness (QED) is 0.796. The highest BCUT2D eigenvalue weighted by molar-refractivity contribution is 5.74. The first-order valence-corrected chi connectivity index (χ1v) is 5.74. The number of fused-ring (bicyclic) bond motifs is 1. The van der Waals surface area contributed by atoms with Crippen LogP contribution < -0.4 is 0 Å². The van der Waals surface area contributed by atoms with Crippen LogP contribution in [0.5, 0.6) is 0 Å². The van der Waals surface area contributed by atoms with Crippen LogP contribution in [-0.4, -0.2) is 23.0 Å². The van der Waals surface area contributed by atoms with E-state index >= 15 is 0 Å². The molecule has 20 heavy (non-hydrogen) atoms. The number of halogens is 3. The second kappa shape index (κ2) is 6.83. The molecule has 1 aromatic heterocycles. The van der Waals surface area contributed by atoms with Gasteiger partial charge in [0, 0.05) is 6.20 Å². The topological polar surface area (TPSA) is 52.1 Å². The molecule has 2 rings (SSSR count). The summed E-state index contributed by atoms with van der Waals surface area (Å²) < 4.78 is 41.2. The number of benzene rings is 1. The summed E-state index contributed by atoms with van der Waals surface area (Å²) in [6.45, 7) is 4.40. The van der Waals surface area contributed by atoms with Crippen molar-refractivity contribution in [3.63, 3.8) is 0 Å². The highest BCUT2D eigenvalue weighted by Gasteiger charge is 2.30. The van der Waals surface area contributed by atoms with E-state index in [2.05, 4.69) is 14.7 Å². The number of aromatic nitrogens is 2. The molecule has 2 aromatic rings. The van der Waals surface area contributed by atoms with Gasteiger partial charge in [0.05, 0.1) is 28.9 Å². The molecule has 0 saturated heterocycles. The van der Waals surface area contributed by atoms with Gasteiger partial charge in [-0.25, -0.2) is 4.98 Å². The molecular weight excluding hydrogens is 273 g/mol. The Kier molecular flexibility index (Phi) is 5.42. The number of nitrogens with zero attached hydrogens (tertiary/aromatic N) is 2. The molecule has 0 spiro atoms. The Morgan fingerprint density at radius 1 is 1.30 bits per heavy atom. The van der Waals surface area contributed by atoms with Crippen LogP contribution in [0.15, 0.2) is 24.4 Å². The van der Waals surface area contributed by atoms with Gasteiger partial charge >= 0.3 is 6.18 Å². The van der Waals surface area contributed by atoms with Crippen molar-refractivity contribution in [1.29, 1.82) is 0 Å². The number of hydrogen-bond donors (Lipinski definition) is 0. The minimum Gasteiger partial charge on any atom is -0.468 e.